The van der Waals surface area contributed by atoms with Crippen LogP contribution in [0, 0.1) is 5.92 Å². The second-order valence-corrected chi connectivity index (χ2v) is 6.85. The van der Waals surface area contributed by atoms with E-state index in [0.717, 1.165) is 29.7 Å². The van der Waals surface area contributed by atoms with Crippen molar-refractivity contribution in [2.75, 3.05) is 5.32 Å². The van der Waals surface area contributed by atoms with Crippen LogP contribution in [-0.4, -0.2) is 15.7 Å². The second-order valence-electron chi connectivity index (χ2n) is 6.85. The molecule has 2 saturated carbocycles. The summed E-state index contributed by atoms with van der Waals surface area (Å²) >= 11 is 0. The summed E-state index contributed by atoms with van der Waals surface area (Å²) < 4.78 is 2.06. The number of rotatable bonds is 4. The molecule has 2 aromatic rings. The number of nitrogens with one attached hydrogen (secondary N) is 1. The van der Waals surface area contributed by atoms with Gasteiger partial charge in [-0.1, -0.05) is 31.4 Å². The van der Waals surface area contributed by atoms with Gasteiger partial charge < -0.3 is 5.32 Å². The predicted molar refractivity (Wildman–Crippen MR) is 91.1 cm³/mol. The first-order valence-electron chi connectivity index (χ1n) is 8.75. The lowest BCUT2D eigenvalue weighted by atomic mass is 9.88. The summed E-state index contributed by atoms with van der Waals surface area (Å²) in [5.74, 6) is 0.362. The Bertz CT molecular complexity index is 696. The molecule has 0 radical (unpaired) electrons. The Morgan fingerprint density at radius 3 is 2.70 bits per heavy atom. The first-order valence-corrected chi connectivity index (χ1v) is 8.75. The quantitative estimate of drug-likeness (QED) is 0.909. The number of benzene rings is 1. The van der Waals surface area contributed by atoms with Crippen LogP contribution in [0.25, 0.3) is 11.1 Å². The Hall–Kier alpha value is -2.10. The third-order valence-electron chi connectivity index (χ3n) is 4.96. The number of carbonyl (C=O) groups excluding carboxylic acids is 1. The van der Waals surface area contributed by atoms with Crippen molar-refractivity contribution in [2.45, 2.75) is 51.0 Å². The van der Waals surface area contributed by atoms with Crippen LogP contribution in [0.15, 0.2) is 36.7 Å². The van der Waals surface area contributed by atoms with Gasteiger partial charge in [-0.3, -0.25) is 9.48 Å². The highest BCUT2D eigenvalue weighted by Gasteiger charge is 2.24. The highest BCUT2D eigenvalue weighted by atomic mass is 16.1. The van der Waals surface area contributed by atoms with E-state index < -0.39 is 0 Å². The van der Waals surface area contributed by atoms with Gasteiger partial charge in [0.15, 0.2) is 0 Å². The molecule has 0 spiro atoms. The summed E-state index contributed by atoms with van der Waals surface area (Å²) in [5, 5.41) is 7.55. The topological polar surface area (TPSA) is 46.9 Å². The lowest BCUT2D eigenvalue weighted by Gasteiger charge is -2.20. The van der Waals surface area contributed by atoms with E-state index in [0.29, 0.717) is 6.04 Å². The van der Waals surface area contributed by atoms with Gasteiger partial charge >= 0.3 is 0 Å². The minimum absolute atomic E-state index is 0.176. The Kier molecular flexibility index (Phi) is 3.90. The molecule has 0 unspecified atom stereocenters. The summed E-state index contributed by atoms with van der Waals surface area (Å²) in [6.45, 7) is 0. The Morgan fingerprint density at radius 2 is 1.91 bits per heavy atom. The molecule has 2 fully saturated rings. The maximum absolute atomic E-state index is 12.4. The van der Waals surface area contributed by atoms with Crippen molar-refractivity contribution in [3.63, 3.8) is 0 Å². The molecule has 4 rings (SSSR count). The smallest absolute Gasteiger partial charge is 0.227 e. The fourth-order valence-corrected chi connectivity index (χ4v) is 3.41. The molecule has 1 amide bonds. The molecule has 23 heavy (non-hydrogen) atoms. The molecule has 0 aliphatic heterocycles. The zero-order valence-electron chi connectivity index (χ0n) is 13.4. The van der Waals surface area contributed by atoms with Crippen molar-refractivity contribution in [1.82, 2.24) is 9.78 Å². The highest BCUT2D eigenvalue weighted by Crippen LogP contribution is 2.35. The van der Waals surface area contributed by atoms with Gasteiger partial charge in [0, 0.05) is 23.4 Å². The fraction of sp³-hybridized carbons (Fsp3) is 0.474. The monoisotopic (exact) mass is 309 g/mol. The maximum Gasteiger partial charge on any atom is 0.227 e. The molecule has 4 heteroatoms. The first-order chi connectivity index (χ1) is 11.3. The molecule has 0 bridgehead atoms. The zero-order valence-corrected chi connectivity index (χ0v) is 13.4. The van der Waals surface area contributed by atoms with Crippen molar-refractivity contribution in [3.8, 4) is 11.1 Å². The molecule has 1 aromatic heterocycles. The molecule has 120 valence electrons. The van der Waals surface area contributed by atoms with E-state index in [1.165, 1.54) is 32.1 Å². The van der Waals surface area contributed by atoms with Gasteiger partial charge in [-0.05, 0) is 43.4 Å². The van der Waals surface area contributed by atoms with Gasteiger partial charge in [-0.2, -0.15) is 5.10 Å². The summed E-state index contributed by atoms with van der Waals surface area (Å²) in [6, 6.07) is 8.69. The average molecular weight is 309 g/mol. The van der Waals surface area contributed by atoms with Gasteiger partial charge in [0.2, 0.25) is 5.91 Å². The number of hydrogen-bond donors (Lipinski definition) is 1. The van der Waals surface area contributed by atoms with Crippen molar-refractivity contribution < 1.29 is 4.79 Å². The van der Waals surface area contributed by atoms with E-state index in [1.807, 2.05) is 18.3 Å². The van der Waals surface area contributed by atoms with Gasteiger partial charge in [-0.15, -0.1) is 0 Å². The van der Waals surface area contributed by atoms with Crippen LogP contribution in [0.3, 0.4) is 0 Å². The van der Waals surface area contributed by atoms with E-state index in [-0.39, 0.29) is 11.8 Å². The van der Waals surface area contributed by atoms with E-state index in [4.69, 9.17) is 0 Å². The number of nitrogens with zero attached hydrogens (tertiary/aromatic N) is 2. The lowest BCUT2D eigenvalue weighted by Crippen LogP contribution is -2.24. The third kappa shape index (κ3) is 3.31. The van der Waals surface area contributed by atoms with E-state index >= 15 is 0 Å². The molecule has 2 aliphatic rings. The number of hydrogen-bond acceptors (Lipinski definition) is 2. The van der Waals surface area contributed by atoms with E-state index in [9.17, 15) is 4.79 Å². The summed E-state index contributed by atoms with van der Waals surface area (Å²) in [4.78, 5) is 12.4. The number of amides is 1. The molecule has 1 aromatic carbocycles. The Labute approximate surface area is 136 Å². The van der Waals surface area contributed by atoms with Crippen molar-refractivity contribution in [3.05, 3.63) is 36.7 Å². The largest absolute Gasteiger partial charge is 0.326 e. The SMILES string of the molecule is O=C(Nc1cccc(-c2cnn(C3CC3)c2)c1)C1CCCCC1. The van der Waals surface area contributed by atoms with Crippen molar-refractivity contribution in [2.24, 2.45) is 5.92 Å². The average Bonchev–Trinajstić information content (AvgIpc) is 3.33. The van der Waals surface area contributed by atoms with Crippen LogP contribution < -0.4 is 5.32 Å². The molecule has 2 aliphatic carbocycles. The fourth-order valence-electron chi connectivity index (χ4n) is 3.41. The molecule has 4 nitrogen and oxygen atoms in total. The predicted octanol–water partition coefficient (Wildman–Crippen LogP) is 4.40. The number of carbonyl (C=O) groups is 1. The molecule has 1 N–H and O–H groups in total. The van der Waals surface area contributed by atoms with Crippen LogP contribution in [0.2, 0.25) is 0 Å². The zero-order chi connectivity index (χ0) is 15.6. The third-order valence-corrected chi connectivity index (χ3v) is 4.96. The van der Waals surface area contributed by atoms with Crippen LogP contribution >= 0.6 is 0 Å². The van der Waals surface area contributed by atoms with Crippen LogP contribution in [0.4, 0.5) is 5.69 Å². The molecular weight excluding hydrogens is 286 g/mol. The lowest BCUT2D eigenvalue weighted by molar-refractivity contribution is -0.120. The minimum atomic E-state index is 0.176. The minimum Gasteiger partial charge on any atom is -0.326 e. The van der Waals surface area contributed by atoms with Gasteiger partial charge in [0.25, 0.3) is 0 Å². The standard InChI is InChI=1S/C19H23N3O/c23-19(14-5-2-1-3-6-14)21-17-8-4-7-15(11-17)16-12-20-22(13-16)18-9-10-18/h4,7-8,11-14,18H,1-3,5-6,9-10H2,(H,21,23). The summed E-state index contributed by atoms with van der Waals surface area (Å²) in [6.07, 6.45) is 12.2. The Balaban J connectivity index is 1.47. The van der Waals surface area contributed by atoms with E-state index in [2.05, 4.69) is 33.4 Å². The maximum atomic E-state index is 12.4. The Morgan fingerprint density at radius 1 is 1.09 bits per heavy atom. The first kappa shape index (κ1) is 14.5. The second kappa shape index (κ2) is 6.19. The molecule has 0 saturated heterocycles. The van der Waals surface area contributed by atoms with E-state index in [1.54, 1.807) is 0 Å². The molecular formula is C19H23N3O. The van der Waals surface area contributed by atoms with Gasteiger partial charge in [0.1, 0.15) is 0 Å². The normalized spacial score (nSPS) is 18.8. The summed E-state index contributed by atoms with van der Waals surface area (Å²) in [7, 11) is 0. The van der Waals surface area contributed by atoms with Crippen LogP contribution in [0.5, 0.6) is 0 Å². The number of aromatic nitrogens is 2. The molecule has 1 heterocycles. The highest BCUT2D eigenvalue weighted by molar-refractivity contribution is 5.93. The van der Waals surface area contributed by atoms with Crippen LogP contribution in [-0.2, 0) is 4.79 Å². The summed E-state index contributed by atoms with van der Waals surface area (Å²) in [5.41, 5.74) is 3.11. The van der Waals surface area contributed by atoms with Gasteiger partial charge in [0.05, 0.1) is 12.2 Å². The van der Waals surface area contributed by atoms with Gasteiger partial charge in [-0.25, -0.2) is 0 Å². The van der Waals surface area contributed by atoms with Crippen molar-refractivity contribution in [1.29, 1.82) is 0 Å². The molecule has 0 atom stereocenters. The van der Waals surface area contributed by atoms with Crippen LogP contribution in [0.1, 0.15) is 51.0 Å². The van der Waals surface area contributed by atoms with Crippen molar-refractivity contribution >= 4 is 11.6 Å². The number of anilines is 1.